The van der Waals surface area contributed by atoms with Crippen LogP contribution in [0.25, 0.3) is 0 Å². The molecule has 3 nitrogen and oxygen atoms in total. The summed E-state index contributed by atoms with van der Waals surface area (Å²) in [7, 11) is 0. The van der Waals surface area contributed by atoms with E-state index in [1.165, 1.54) is 12.1 Å². The van der Waals surface area contributed by atoms with E-state index in [4.69, 9.17) is 0 Å². The molecule has 0 saturated carbocycles. The van der Waals surface area contributed by atoms with Gasteiger partial charge in [-0.3, -0.25) is 4.79 Å². The molecule has 6 heteroatoms. The highest BCUT2D eigenvalue weighted by atomic mass is 19.4. The van der Waals surface area contributed by atoms with Crippen LogP contribution in [0, 0.1) is 0 Å². The van der Waals surface area contributed by atoms with E-state index in [1.54, 1.807) is 0 Å². The van der Waals surface area contributed by atoms with Crippen molar-refractivity contribution < 1.29 is 18.0 Å². The van der Waals surface area contributed by atoms with Crippen LogP contribution < -0.4 is 10.6 Å². The van der Waals surface area contributed by atoms with Crippen LogP contribution >= 0.6 is 0 Å². The van der Waals surface area contributed by atoms with E-state index in [2.05, 4.69) is 10.6 Å². The van der Waals surface area contributed by atoms with Crippen LogP contribution in [0.1, 0.15) is 37.3 Å². The number of halogens is 3. The smallest absolute Gasteiger partial charge is 0.352 e. The molecule has 0 aromatic heterocycles. The molecular weight excluding hydrogens is 293 g/mol. The normalized spacial score (nSPS) is 20.5. The average molecular weight is 314 g/mol. The van der Waals surface area contributed by atoms with Gasteiger partial charge in [0.05, 0.1) is 11.6 Å². The molecule has 22 heavy (non-hydrogen) atoms. The van der Waals surface area contributed by atoms with Crippen LogP contribution in [-0.4, -0.2) is 24.5 Å². The molecule has 1 heterocycles. The third-order valence-corrected chi connectivity index (χ3v) is 3.84. The first-order valence-corrected chi connectivity index (χ1v) is 7.56. The molecule has 1 aromatic carbocycles. The zero-order valence-corrected chi connectivity index (χ0v) is 12.5. The molecule has 2 N–H and O–H groups in total. The SMILES string of the molecule is CC(Cc1ccc(C(F)(F)F)cc1)NC(=O)C1CCCCN1. The third kappa shape index (κ3) is 4.73. The minimum absolute atomic E-state index is 0.0286. The number of hydrogen-bond acceptors (Lipinski definition) is 2. The third-order valence-electron chi connectivity index (χ3n) is 3.84. The molecule has 122 valence electrons. The Bertz CT molecular complexity index is 493. The van der Waals surface area contributed by atoms with Crippen molar-refractivity contribution in [2.45, 2.75) is 50.9 Å². The van der Waals surface area contributed by atoms with E-state index in [9.17, 15) is 18.0 Å². The van der Waals surface area contributed by atoms with Crippen molar-refractivity contribution in [1.29, 1.82) is 0 Å². The molecule has 0 spiro atoms. The molecule has 1 aliphatic rings. The summed E-state index contributed by atoms with van der Waals surface area (Å²) < 4.78 is 37.5. The Labute approximate surface area is 128 Å². The van der Waals surface area contributed by atoms with Gasteiger partial charge in [-0.25, -0.2) is 0 Å². The molecular formula is C16H21F3N2O. The van der Waals surface area contributed by atoms with Crippen molar-refractivity contribution in [2.24, 2.45) is 0 Å². The zero-order chi connectivity index (χ0) is 16.2. The number of nitrogens with one attached hydrogen (secondary N) is 2. The van der Waals surface area contributed by atoms with Gasteiger partial charge >= 0.3 is 6.18 Å². The zero-order valence-electron chi connectivity index (χ0n) is 12.5. The molecule has 0 radical (unpaired) electrons. The number of rotatable bonds is 4. The fourth-order valence-electron chi connectivity index (χ4n) is 2.65. The number of alkyl halides is 3. The first-order valence-electron chi connectivity index (χ1n) is 7.56. The summed E-state index contributed by atoms with van der Waals surface area (Å²) in [6.45, 7) is 2.71. The Balaban J connectivity index is 1.86. The van der Waals surface area contributed by atoms with Crippen LogP contribution in [0.5, 0.6) is 0 Å². The topological polar surface area (TPSA) is 41.1 Å². The number of benzene rings is 1. The van der Waals surface area contributed by atoms with Crippen LogP contribution in [0.3, 0.4) is 0 Å². The number of piperidine rings is 1. The molecule has 1 aliphatic heterocycles. The summed E-state index contributed by atoms with van der Waals surface area (Å²) in [5, 5.41) is 6.09. The summed E-state index contributed by atoms with van der Waals surface area (Å²) in [6, 6.07) is 4.81. The molecule has 1 aromatic rings. The molecule has 2 unspecified atom stereocenters. The Morgan fingerprint density at radius 3 is 2.55 bits per heavy atom. The molecule has 2 atom stereocenters. The quantitative estimate of drug-likeness (QED) is 0.897. The maximum Gasteiger partial charge on any atom is 0.416 e. The van der Waals surface area contributed by atoms with Gasteiger partial charge in [0.1, 0.15) is 0 Å². The first kappa shape index (κ1) is 16.8. The van der Waals surface area contributed by atoms with Gasteiger partial charge in [-0.05, 0) is 50.4 Å². The van der Waals surface area contributed by atoms with Gasteiger partial charge in [-0.15, -0.1) is 0 Å². The van der Waals surface area contributed by atoms with Crippen molar-refractivity contribution in [3.8, 4) is 0 Å². The summed E-state index contributed by atoms with van der Waals surface area (Å²) in [5.74, 6) is -0.0286. The van der Waals surface area contributed by atoms with Crippen LogP contribution in [0.2, 0.25) is 0 Å². The van der Waals surface area contributed by atoms with Gasteiger partial charge in [0.2, 0.25) is 5.91 Å². The number of carbonyl (C=O) groups excluding carboxylic acids is 1. The maximum absolute atomic E-state index is 12.5. The Morgan fingerprint density at radius 1 is 1.32 bits per heavy atom. The second kappa shape index (κ2) is 7.13. The first-order chi connectivity index (χ1) is 10.4. The lowest BCUT2D eigenvalue weighted by Crippen LogP contribution is -2.49. The van der Waals surface area contributed by atoms with Crippen molar-refractivity contribution in [3.05, 3.63) is 35.4 Å². The van der Waals surface area contributed by atoms with E-state index in [0.29, 0.717) is 6.42 Å². The maximum atomic E-state index is 12.5. The van der Waals surface area contributed by atoms with Crippen molar-refractivity contribution in [2.75, 3.05) is 6.54 Å². The summed E-state index contributed by atoms with van der Waals surface area (Å²) >= 11 is 0. The van der Waals surface area contributed by atoms with E-state index in [-0.39, 0.29) is 18.0 Å². The average Bonchev–Trinajstić information content (AvgIpc) is 2.47. The van der Waals surface area contributed by atoms with Gasteiger partial charge in [0, 0.05) is 6.04 Å². The van der Waals surface area contributed by atoms with Gasteiger partial charge in [-0.2, -0.15) is 13.2 Å². The van der Waals surface area contributed by atoms with Gasteiger partial charge in [-0.1, -0.05) is 18.6 Å². The Morgan fingerprint density at radius 2 is 2.00 bits per heavy atom. The largest absolute Gasteiger partial charge is 0.416 e. The monoisotopic (exact) mass is 314 g/mol. The summed E-state index contributed by atoms with van der Waals surface area (Å²) in [5.41, 5.74) is 0.122. The van der Waals surface area contributed by atoms with Crippen LogP contribution in [-0.2, 0) is 17.4 Å². The molecule has 1 saturated heterocycles. The predicted molar refractivity (Wildman–Crippen MR) is 78.4 cm³/mol. The fraction of sp³-hybridized carbons (Fsp3) is 0.562. The summed E-state index contributed by atoms with van der Waals surface area (Å²) in [4.78, 5) is 12.1. The molecule has 1 amide bonds. The number of carbonyl (C=O) groups is 1. The lowest BCUT2D eigenvalue weighted by atomic mass is 10.0. The highest BCUT2D eigenvalue weighted by Gasteiger charge is 2.30. The number of hydrogen-bond donors (Lipinski definition) is 2. The van der Waals surface area contributed by atoms with Crippen LogP contribution in [0.15, 0.2) is 24.3 Å². The van der Waals surface area contributed by atoms with Crippen molar-refractivity contribution in [3.63, 3.8) is 0 Å². The second-order valence-corrected chi connectivity index (χ2v) is 5.81. The lowest BCUT2D eigenvalue weighted by Gasteiger charge is -2.24. The lowest BCUT2D eigenvalue weighted by molar-refractivity contribution is -0.137. The highest BCUT2D eigenvalue weighted by Crippen LogP contribution is 2.29. The van der Waals surface area contributed by atoms with E-state index in [0.717, 1.165) is 43.5 Å². The number of amides is 1. The van der Waals surface area contributed by atoms with Gasteiger partial charge in [0.25, 0.3) is 0 Å². The fourth-order valence-corrected chi connectivity index (χ4v) is 2.65. The minimum atomic E-state index is -4.31. The Hall–Kier alpha value is -1.56. The predicted octanol–water partition coefficient (Wildman–Crippen LogP) is 2.89. The van der Waals surface area contributed by atoms with E-state index >= 15 is 0 Å². The Kier molecular flexibility index (Phi) is 5.45. The van der Waals surface area contributed by atoms with Crippen LogP contribution in [0.4, 0.5) is 13.2 Å². The van der Waals surface area contributed by atoms with Gasteiger partial charge in [0.15, 0.2) is 0 Å². The molecule has 0 aliphatic carbocycles. The van der Waals surface area contributed by atoms with E-state index < -0.39 is 11.7 Å². The van der Waals surface area contributed by atoms with Crippen molar-refractivity contribution in [1.82, 2.24) is 10.6 Å². The molecule has 0 bridgehead atoms. The van der Waals surface area contributed by atoms with E-state index in [1.807, 2.05) is 6.92 Å². The van der Waals surface area contributed by atoms with Crippen molar-refractivity contribution >= 4 is 5.91 Å². The standard InChI is InChI=1S/C16H21F3N2O/c1-11(21-15(22)14-4-2-3-9-20-14)10-12-5-7-13(8-6-12)16(17,18)19/h5-8,11,14,20H,2-4,9-10H2,1H3,(H,21,22). The molecule has 1 fully saturated rings. The molecule has 2 rings (SSSR count). The van der Waals surface area contributed by atoms with Gasteiger partial charge < -0.3 is 10.6 Å². The highest BCUT2D eigenvalue weighted by molar-refractivity contribution is 5.82. The summed E-state index contributed by atoms with van der Waals surface area (Å²) in [6.07, 6.45) is -0.844. The second-order valence-electron chi connectivity index (χ2n) is 5.81. The minimum Gasteiger partial charge on any atom is -0.352 e.